The highest BCUT2D eigenvalue weighted by molar-refractivity contribution is 7.91. The molecule has 0 bridgehead atoms. The van der Waals surface area contributed by atoms with Crippen molar-refractivity contribution in [2.75, 3.05) is 18.9 Å². The van der Waals surface area contributed by atoms with Gasteiger partial charge in [0.2, 0.25) is 10.0 Å². The Kier molecular flexibility index (Phi) is 5.88. The number of benzene rings is 2. The molecule has 0 saturated carbocycles. The van der Waals surface area contributed by atoms with Crippen molar-refractivity contribution in [3.05, 3.63) is 54.6 Å². The van der Waals surface area contributed by atoms with E-state index in [0.717, 1.165) is 0 Å². The lowest BCUT2D eigenvalue weighted by Gasteiger charge is -2.25. The van der Waals surface area contributed by atoms with E-state index in [1.54, 1.807) is 43.3 Å². The van der Waals surface area contributed by atoms with Gasteiger partial charge in [-0.25, -0.2) is 16.8 Å². The molecule has 2 aromatic rings. The van der Waals surface area contributed by atoms with Crippen LogP contribution in [0.25, 0.3) is 0 Å². The highest BCUT2D eigenvalue weighted by Gasteiger charge is 2.39. The molecule has 1 saturated heterocycles. The van der Waals surface area contributed by atoms with Crippen LogP contribution >= 0.6 is 0 Å². The lowest BCUT2D eigenvalue weighted by atomic mass is 10.3. The van der Waals surface area contributed by atoms with Gasteiger partial charge in [0.15, 0.2) is 9.84 Å². The monoisotopic (exact) mass is 409 g/mol. The summed E-state index contributed by atoms with van der Waals surface area (Å²) in [6.07, 6.45) is 1.15. The van der Waals surface area contributed by atoms with Crippen molar-refractivity contribution in [1.29, 1.82) is 0 Å². The number of sulfonamides is 1. The fraction of sp³-hybridized carbons (Fsp3) is 0.368. The van der Waals surface area contributed by atoms with Crippen molar-refractivity contribution < 1.29 is 21.6 Å². The minimum absolute atomic E-state index is 0.0795. The Morgan fingerprint density at radius 1 is 1.00 bits per heavy atom. The van der Waals surface area contributed by atoms with Gasteiger partial charge in [0, 0.05) is 12.6 Å². The van der Waals surface area contributed by atoms with Crippen molar-refractivity contribution in [3.63, 3.8) is 0 Å². The number of hydrogen-bond donors (Lipinski definition) is 0. The van der Waals surface area contributed by atoms with Crippen LogP contribution in [0, 0.1) is 0 Å². The summed E-state index contributed by atoms with van der Waals surface area (Å²) in [5.41, 5.74) is 0. The molecule has 1 unspecified atom stereocenters. The highest BCUT2D eigenvalue weighted by Crippen LogP contribution is 2.32. The Labute approximate surface area is 160 Å². The van der Waals surface area contributed by atoms with E-state index in [4.69, 9.17) is 4.74 Å². The Balaban J connectivity index is 1.90. The molecule has 1 aliphatic heterocycles. The first-order valence-electron chi connectivity index (χ1n) is 8.88. The summed E-state index contributed by atoms with van der Waals surface area (Å²) < 4.78 is 58.6. The molecule has 1 atom stereocenters. The molecule has 1 fully saturated rings. The standard InChI is InChI=1S/C19H23NO5S2/c1-2-25-18-12-6-7-13-19(18)27(23,24)20-14-8-9-16(20)15-26(21,22)17-10-4-3-5-11-17/h3-7,10-13,16H,2,8-9,14-15H2,1H3. The van der Waals surface area contributed by atoms with Gasteiger partial charge in [0.1, 0.15) is 10.6 Å². The molecule has 0 N–H and O–H groups in total. The molecule has 1 aliphatic rings. The van der Waals surface area contributed by atoms with E-state index >= 15 is 0 Å². The van der Waals surface area contributed by atoms with E-state index in [-0.39, 0.29) is 21.3 Å². The first-order chi connectivity index (χ1) is 12.9. The lowest BCUT2D eigenvalue weighted by molar-refractivity contribution is 0.328. The number of sulfone groups is 1. The van der Waals surface area contributed by atoms with Gasteiger partial charge in [-0.1, -0.05) is 30.3 Å². The fourth-order valence-electron chi connectivity index (χ4n) is 3.33. The number of hydrogen-bond acceptors (Lipinski definition) is 5. The minimum Gasteiger partial charge on any atom is -0.492 e. The van der Waals surface area contributed by atoms with Crippen molar-refractivity contribution in [1.82, 2.24) is 4.31 Å². The zero-order valence-corrected chi connectivity index (χ0v) is 16.7. The van der Waals surface area contributed by atoms with Crippen molar-refractivity contribution >= 4 is 19.9 Å². The van der Waals surface area contributed by atoms with Gasteiger partial charge in [-0.15, -0.1) is 0 Å². The van der Waals surface area contributed by atoms with E-state index in [1.807, 2.05) is 0 Å². The molecule has 27 heavy (non-hydrogen) atoms. The van der Waals surface area contributed by atoms with Crippen LogP contribution in [-0.4, -0.2) is 46.1 Å². The van der Waals surface area contributed by atoms with Gasteiger partial charge in [0.25, 0.3) is 0 Å². The Morgan fingerprint density at radius 3 is 2.37 bits per heavy atom. The predicted molar refractivity (Wildman–Crippen MR) is 103 cm³/mol. The first-order valence-corrected chi connectivity index (χ1v) is 12.0. The third-order valence-electron chi connectivity index (χ3n) is 4.57. The van der Waals surface area contributed by atoms with Gasteiger partial charge in [-0.2, -0.15) is 4.31 Å². The largest absolute Gasteiger partial charge is 0.492 e. The van der Waals surface area contributed by atoms with E-state index in [9.17, 15) is 16.8 Å². The quantitative estimate of drug-likeness (QED) is 0.702. The maximum absolute atomic E-state index is 13.2. The molecule has 0 amide bonds. The van der Waals surface area contributed by atoms with Crippen molar-refractivity contribution in [2.24, 2.45) is 0 Å². The van der Waals surface area contributed by atoms with Crippen molar-refractivity contribution in [3.8, 4) is 5.75 Å². The SMILES string of the molecule is CCOc1ccccc1S(=O)(=O)N1CCCC1CS(=O)(=O)c1ccccc1. The Hall–Kier alpha value is -1.90. The second kappa shape index (κ2) is 8.00. The normalized spacial score (nSPS) is 18.5. The van der Waals surface area contributed by atoms with Crippen molar-refractivity contribution in [2.45, 2.75) is 35.6 Å². The van der Waals surface area contributed by atoms with Crippen LogP contribution in [0.4, 0.5) is 0 Å². The molecule has 1 heterocycles. The van der Waals surface area contributed by atoms with Crippen LogP contribution in [0.1, 0.15) is 19.8 Å². The van der Waals surface area contributed by atoms with Crippen LogP contribution in [0.3, 0.4) is 0 Å². The molecule has 0 aliphatic carbocycles. The smallest absolute Gasteiger partial charge is 0.247 e. The summed E-state index contributed by atoms with van der Waals surface area (Å²) in [6.45, 7) is 2.44. The zero-order chi connectivity index (χ0) is 19.5. The van der Waals surface area contributed by atoms with Crippen LogP contribution in [0.15, 0.2) is 64.4 Å². The topological polar surface area (TPSA) is 80.8 Å². The average Bonchev–Trinajstić information content (AvgIpc) is 3.11. The molecule has 2 aromatic carbocycles. The van der Waals surface area contributed by atoms with Gasteiger partial charge in [0.05, 0.1) is 17.3 Å². The molecule has 0 radical (unpaired) electrons. The molecule has 0 aromatic heterocycles. The number of rotatable bonds is 7. The minimum atomic E-state index is -3.85. The maximum Gasteiger partial charge on any atom is 0.247 e. The second-order valence-electron chi connectivity index (χ2n) is 6.39. The van der Waals surface area contributed by atoms with E-state index in [0.29, 0.717) is 26.0 Å². The van der Waals surface area contributed by atoms with Crippen LogP contribution in [-0.2, 0) is 19.9 Å². The number of ether oxygens (including phenoxy) is 1. The first kappa shape index (κ1) is 19.9. The predicted octanol–water partition coefficient (Wildman–Crippen LogP) is 2.71. The van der Waals surface area contributed by atoms with Gasteiger partial charge in [-0.3, -0.25) is 0 Å². The fourth-order valence-corrected chi connectivity index (χ4v) is 6.87. The third-order valence-corrected chi connectivity index (χ3v) is 8.38. The van der Waals surface area contributed by atoms with Gasteiger partial charge >= 0.3 is 0 Å². The number of nitrogens with zero attached hydrogens (tertiary/aromatic N) is 1. The zero-order valence-electron chi connectivity index (χ0n) is 15.1. The molecular weight excluding hydrogens is 386 g/mol. The van der Waals surface area contributed by atoms with Crippen LogP contribution in [0.5, 0.6) is 5.75 Å². The maximum atomic E-state index is 13.2. The summed E-state index contributed by atoms with van der Waals surface area (Å²) in [5, 5.41) is 0. The van der Waals surface area contributed by atoms with E-state index in [2.05, 4.69) is 0 Å². The van der Waals surface area contributed by atoms with Crippen LogP contribution < -0.4 is 4.74 Å². The molecule has 146 valence electrons. The summed E-state index contributed by atoms with van der Waals surface area (Å²) in [4.78, 5) is 0.292. The molecule has 0 spiro atoms. The van der Waals surface area contributed by atoms with Gasteiger partial charge in [-0.05, 0) is 44.0 Å². The van der Waals surface area contributed by atoms with Gasteiger partial charge < -0.3 is 4.74 Å². The molecule has 8 heteroatoms. The number of para-hydroxylation sites is 1. The Morgan fingerprint density at radius 2 is 1.67 bits per heavy atom. The average molecular weight is 410 g/mol. The van der Waals surface area contributed by atoms with E-state index < -0.39 is 25.9 Å². The molecule has 3 rings (SSSR count). The molecular formula is C19H23NO5S2. The summed E-state index contributed by atoms with van der Waals surface area (Å²) >= 11 is 0. The van der Waals surface area contributed by atoms with Crippen LogP contribution in [0.2, 0.25) is 0 Å². The summed E-state index contributed by atoms with van der Waals surface area (Å²) in [5.74, 6) is 0.0594. The second-order valence-corrected chi connectivity index (χ2v) is 10.3. The Bertz CT molecular complexity index is 988. The summed E-state index contributed by atoms with van der Waals surface area (Å²) in [6, 6.07) is 14.0. The van der Waals surface area contributed by atoms with E-state index in [1.165, 1.54) is 22.5 Å². The summed E-state index contributed by atoms with van der Waals surface area (Å²) in [7, 11) is -7.43. The molecule has 6 nitrogen and oxygen atoms in total. The highest BCUT2D eigenvalue weighted by atomic mass is 32.2. The third kappa shape index (κ3) is 4.17. The lowest BCUT2D eigenvalue weighted by Crippen LogP contribution is -2.39.